The molecule has 2 aromatic rings. The third kappa shape index (κ3) is 7.71. The van der Waals surface area contributed by atoms with Crippen molar-refractivity contribution in [2.45, 2.75) is 77.2 Å². The molecule has 4 nitrogen and oxygen atoms in total. The number of hydrogen-bond donors (Lipinski definition) is 1. The molecule has 4 heteroatoms. The van der Waals surface area contributed by atoms with Crippen molar-refractivity contribution in [1.82, 2.24) is 5.32 Å². The summed E-state index contributed by atoms with van der Waals surface area (Å²) in [6.07, 6.45) is 26.3. The molecule has 1 N–H and O–H groups in total. The summed E-state index contributed by atoms with van der Waals surface area (Å²) in [5.41, 5.74) is 6.83. The Morgan fingerprint density at radius 3 is 2.88 bits per heavy atom. The summed E-state index contributed by atoms with van der Waals surface area (Å²) in [4.78, 5) is 17.6. The molecule has 2 aromatic carbocycles. The largest absolute Gasteiger partial charge is 0.484 e. The number of ether oxygens (including phenoxy) is 1. The van der Waals surface area contributed by atoms with Gasteiger partial charge in [-0.15, -0.1) is 0 Å². The topological polar surface area (TPSA) is 50.7 Å². The molecule has 1 saturated carbocycles. The molecule has 1 fully saturated rings. The van der Waals surface area contributed by atoms with Crippen LogP contribution in [0.1, 0.15) is 87.0 Å². The lowest BCUT2D eigenvalue weighted by Crippen LogP contribution is -2.38. The molecule has 0 spiro atoms. The van der Waals surface area contributed by atoms with Gasteiger partial charge in [0.15, 0.2) is 6.61 Å². The van der Waals surface area contributed by atoms with Crippen LogP contribution in [0.2, 0.25) is 0 Å². The second-order valence-corrected chi connectivity index (χ2v) is 11.2. The fourth-order valence-electron chi connectivity index (χ4n) is 5.91. The van der Waals surface area contributed by atoms with E-state index < -0.39 is 0 Å². The Balaban J connectivity index is 1.21. The van der Waals surface area contributed by atoms with Crippen LogP contribution in [0.4, 0.5) is 0 Å². The van der Waals surface area contributed by atoms with Crippen LogP contribution in [-0.2, 0) is 11.2 Å². The van der Waals surface area contributed by atoms with Gasteiger partial charge in [-0.3, -0.25) is 9.79 Å². The molecule has 208 valence electrons. The summed E-state index contributed by atoms with van der Waals surface area (Å²) in [5.74, 6) is 1.46. The summed E-state index contributed by atoms with van der Waals surface area (Å²) < 4.78 is 5.94. The zero-order valence-corrected chi connectivity index (χ0v) is 23.8. The van der Waals surface area contributed by atoms with Gasteiger partial charge in [0, 0.05) is 17.8 Å². The van der Waals surface area contributed by atoms with Gasteiger partial charge < -0.3 is 10.1 Å². The third-order valence-corrected chi connectivity index (χ3v) is 8.34. The first-order chi connectivity index (χ1) is 19.7. The van der Waals surface area contributed by atoms with Crippen molar-refractivity contribution in [2.75, 3.05) is 6.61 Å². The fourth-order valence-corrected chi connectivity index (χ4v) is 5.91. The molecule has 5 rings (SSSR count). The van der Waals surface area contributed by atoms with E-state index in [0.29, 0.717) is 5.75 Å². The van der Waals surface area contributed by atoms with Crippen LogP contribution in [0.15, 0.2) is 83.9 Å². The summed E-state index contributed by atoms with van der Waals surface area (Å²) >= 11 is 0. The predicted octanol–water partition coefficient (Wildman–Crippen LogP) is 8.24. The van der Waals surface area contributed by atoms with E-state index in [9.17, 15) is 4.79 Å². The number of fused-ring (bicyclic) bond motifs is 1. The number of carbonyl (C=O) groups excluding carboxylic acids is 1. The summed E-state index contributed by atoms with van der Waals surface area (Å²) in [6.45, 7) is 2.32. The van der Waals surface area contributed by atoms with Gasteiger partial charge in [0.25, 0.3) is 5.91 Å². The molecule has 1 heterocycles. The number of nitrogens with one attached hydrogen (secondary N) is 1. The molecule has 0 saturated heterocycles. The Morgan fingerprint density at radius 1 is 1.02 bits per heavy atom. The van der Waals surface area contributed by atoms with E-state index in [2.05, 4.69) is 73.0 Å². The highest BCUT2D eigenvalue weighted by atomic mass is 16.5. The Morgan fingerprint density at radius 2 is 1.95 bits per heavy atom. The van der Waals surface area contributed by atoms with Crippen LogP contribution in [0.3, 0.4) is 0 Å². The zero-order chi connectivity index (χ0) is 27.6. The van der Waals surface area contributed by atoms with Crippen molar-refractivity contribution < 1.29 is 9.53 Å². The minimum Gasteiger partial charge on any atom is -0.484 e. The summed E-state index contributed by atoms with van der Waals surface area (Å²) in [6, 6.07) is 14.9. The van der Waals surface area contributed by atoms with Crippen molar-refractivity contribution in [2.24, 2.45) is 10.9 Å². The van der Waals surface area contributed by atoms with Crippen LogP contribution in [0.25, 0.3) is 11.3 Å². The quantitative estimate of drug-likeness (QED) is 0.389. The second kappa shape index (κ2) is 14.1. The number of benzene rings is 2. The van der Waals surface area contributed by atoms with Crippen molar-refractivity contribution in [1.29, 1.82) is 0 Å². The van der Waals surface area contributed by atoms with Crippen molar-refractivity contribution in [3.05, 3.63) is 101 Å². The van der Waals surface area contributed by atoms with Crippen molar-refractivity contribution >= 4 is 23.4 Å². The fraction of sp³-hybridized carbons (Fsp3) is 0.389. The van der Waals surface area contributed by atoms with Crippen LogP contribution in [0.5, 0.6) is 5.75 Å². The number of hydrogen-bond acceptors (Lipinski definition) is 3. The van der Waals surface area contributed by atoms with E-state index in [0.717, 1.165) is 54.8 Å². The normalized spacial score (nSPS) is 22.3. The van der Waals surface area contributed by atoms with E-state index in [4.69, 9.17) is 9.73 Å². The van der Waals surface area contributed by atoms with Gasteiger partial charge in [-0.05, 0) is 84.9 Å². The first kappa shape index (κ1) is 27.9. The maximum absolute atomic E-state index is 12.7. The van der Waals surface area contributed by atoms with E-state index in [1.54, 1.807) is 0 Å². The summed E-state index contributed by atoms with van der Waals surface area (Å²) in [5, 5.41) is 3.23. The van der Waals surface area contributed by atoms with E-state index in [1.807, 2.05) is 24.4 Å². The van der Waals surface area contributed by atoms with Crippen LogP contribution >= 0.6 is 0 Å². The first-order valence-electron chi connectivity index (χ1n) is 15.1. The van der Waals surface area contributed by atoms with E-state index in [1.165, 1.54) is 48.8 Å². The SMILES string of the molecule is CC[C@@H]1CCCCC(NC(=O)COc2cccc(/C3=C/CCc4ccc(C5=CC=CCC=C5)cc4C=N3)c2)CC1. The first-order valence-corrected chi connectivity index (χ1v) is 15.1. The molecule has 2 atom stereocenters. The molecule has 1 amide bonds. The molecule has 2 aliphatic carbocycles. The maximum atomic E-state index is 12.7. The average Bonchev–Trinajstić information content (AvgIpc) is 3.24. The van der Waals surface area contributed by atoms with Gasteiger partial charge in [-0.2, -0.15) is 0 Å². The lowest BCUT2D eigenvalue weighted by atomic mass is 9.87. The van der Waals surface area contributed by atoms with E-state index >= 15 is 0 Å². The molecule has 1 aliphatic heterocycles. The van der Waals surface area contributed by atoms with Gasteiger partial charge >= 0.3 is 0 Å². The Bertz CT molecular complexity index is 1330. The minimum atomic E-state index is -0.0336. The highest BCUT2D eigenvalue weighted by molar-refractivity contribution is 5.89. The highest BCUT2D eigenvalue weighted by Crippen LogP contribution is 2.27. The lowest BCUT2D eigenvalue weighted by Gasteiger charge is -2.25. The number of rotatable bonds is 7. The molecule has 3 aliphatic rings. The number of aryl methyl sites for hydroxylation is 1. The molecular weight excluding hydrogens is 492 g/mol. The minimum absolute atomic E-state index is 0.0336. The molecule has 40 heavy (non-hydrogen) atoms. The maximum Gasteiger partial charge on any atom is 0.258 e. The number of nitrogens with zero attached hydrogens (tertiary/aromatic N) is 1. The summed E-state index contributed by atoms with van der Waals surface area (Å²) in [7, 11) is 0. The molecular formula is C36H42N2O2. The molecule has 0 bridgehead atoms. The smallest absolute Gasteiger partial charge is 0.258 e. The predicted molar refractivity (Wildman–Crippen MR) is 167 cm³/mol. The standard InChI is InChI=1S/C36H42N2O2/c1-2-27-11-7-8-16-33(22-19-27)38-36(39)26-40-34-17-9-15-31(24-34)35-18-10-14-29-20-21-30(23-32(29)25-37-35)28-12-5-3-4-6-13-28/h3,5-6,9,12-13,15,17-18,20-21,23-25,27,33H,2,4,7-8,10-11,14,16,19,22,26H2,1H3,(H,38,39)/b35-18-,37-25?/t27-,33?/m1/s1. The van der Waals surface area contributed by atoms with Gasteiger partial charge in [0.05, 0.1) is 5.70 Å². The van der Waals surface area contributed by atoms with Crippen LogP contribution in [0, 0.1) is 5.92 Å². The highest BCUT2D eigenvalue weighted by Gasteiger charge is 2.18. The number of aliphatic imine (C=N–C) groups is 1. The number of carbonyl (C=O) groups is 1. The Kier molecular flexibility index (Phi) is 9.84. The van der Waals surface area contributed by atoms with Gasteiger partial charge in [-0.1, -0.05) is 93.3 Å². The third-order valence-electron chi connectivity index (χ3n) is 8.34. The molecule has 1 unspecified atom stereocenters. The van der Waals surface area contributed by atoms with Crippen molar-refractivity contribution in [3.8, 4) is 5.75 Å². The number of amides is 1. The lowest BCUT2D eigenvalue weighted by molar-refractivity contribution is -0.124. The van der Waals surface area contributed by atoms with Crippen LogP contribution in [-0.4, -0.2) is 24.8 Å². The van der Waals surface area contributed by atoms with Crippen molar-refractivity contribution in [3.63, 3.8) is 0 Å². The monoisotopic (exact) mass is 534 g/mol. The van der Waals surface area contributed by atoms with E-state index in [-0.39, 0.29) is 18.6 Å². The van der Waals surface area contributed by atoms with Gasteiger partial charge in [0.1, 0.15) is 5.75 Å². The average molecular weight is 535 g/mol. The Hall–Kier alpha value is -3.66. The van der Waals surface area contributed by atoms with Gasteiger partial charge in [0.2, 0.25) is 0 Å². The molecule has 0 radical (unpaired) electrons. The zero-order valence-electron chi connectivity index (χ0n) is 23.8. The number of allylic oxidation sites excluding steroid dienone is 7. The van der Waals surface area contributed by atoms with Crippen LogP contribution < -0.4 is 10.1 Å². The van der Waals surface area contributed by atoms with Gasteiger partial charge in [-0.25, -0.2) is 0 Å². The second-order valence-electron chi connectivity index (χ2n) is 11.2. The Labute approximate surface area is 239 Å². The molecule has 0 aromatic heterocycles.